The van der Waals surface area contributed by atoms with Gasteiger partial charge in [0.25, 0.3) is 0 Å². The molecule has 0 saturated heterocycles. The maximum Gasteiger partial charge on any atom is 0.160 e. The molecule has 4 nitrogen and oxygen atoms in total. The number of nitrogens with one attached hydrogen (secondary N) is 1. The number of methoxy groups -OCH3 is 1. The monoisotopic (exact) mass is 364 g/mol. The Hall–Kier alpha value is -2.36. The number of para-hydroxylation sites is 1. The molecule has 4 rings (SSSR count). The van der Waals surface area contributed by atoms with Gasteiger partial charge in [-0.15, -0.1) is 0 Å². The number of ketones is 1. The smallest absolute Gasteiger partial charge is 0.160 e. The highest BCUT2D eigenvalue weighted by molar-refractivity contribution is 6.00. The zero-order chi connectivity index (χ0) is 19.3. The molecule has 0 amide bonds. The summed E-state index contributed by atoms with van der Waals surface area (Å²) in [5.41, 5.74) is 6.71. The van der Waals surface area contributed by atoms with Gasteiger partial charge in [0, 0.05) is 41.2 Å². The molecule has 0 saturated carbocycles. The maximum atomic E-state index is 13.3. The van der Waals surface area contributed by atoms with Gasteiger partial charge >= 0.3 is 0 Å². The van der Waals surface area contributed by atoms with Gasteiger partial charge in [-0.3, -0.25) is 9.89 Å². The summed E-state index contributed by atoms with van der Waals surface area (Å²) in [6.45, 7) is 8.69. The summed E-state index contributed by atoms with van der Waals surface area (Å²) in [4.78, 5) is 13.3. The van der Waals surface area contributed by atoms with Crippen LogP contribution in [-0.2, 0) is 11.2 Å². The average molecular weight is 364 g/mol. The fraction of sp³-hybridized carbons (Fsp3) is 0.478. The number of carbonyl (C=O) groups is 1. The number of benzene rings is 1. The number of aromatic nitrogens is 2. The quantitative estimate of drug-likeness (QED) is 0.841. The number of H-pyrrole nitrogens is 1. The number of rotatable bonds is 3. The lowest BCUT2D eigenvalue weighted by molar-refractivity contribution is -0.118. The number of hydrogen-bond acceptors (Lipinski definition) is 3. The Morgan fingerprint density at radius 3 is 2.67 bits per heavy atom. The van der Waals surface area contributed by atoms with Crippen molar-refractivity contribution < 1.29 is 9.53 Å². The molecule has 2 aromatic rings. The van der Waals surface area contributed by atoms with Crippen LogP contribution in [0.3, 0.4) is 0 Å². The van der Waals surface area contributed by atoms with Crippen LogP contribution in [0.5, 0.6) is 5.75 Å². The second kappa shape index (κ2) is 6.36. The predicted molar refractivity (Wildman–Crippen MR) is 106 cm³/mol. The standard InChI is InChI=1S/C23H28N2O2/c1-13(2)22-21-16(24-25-22)10-14-11-23(3,4)12-17(26)19(14)20(21)15-8-6-7-9-18(15)27-5/h6-9,13,20H,10-12H2,1-5H3,(H,24,25)/t20-/m0/s1. The van der Waals surface area contributed by atoms with Crippen LogP contribution in [0.25, 0.3) is 0 Å². The van der Waals surface area contributed by atoms with Crippen molar-refractivity contribution in [2.24, 2.45) is 5.41 Å². The van der Waals surface area contributed by atoms with E-state index in [-0.39, 0.29) is 17.1 Å². The third-order valence-electron chi connectivity index (χ3n) is 5.89. The lowest BCUT2D eigenvalue weighted by atomic mass is 9.64. The number of allylic oxidation sites excluding steroid dienone is 2. The van der Waals surface area contributed by atoms with Crippen LogP contribution in [0.1, 0.15) is 74.9 Å². The van der Waals surface area contributed by atoms with E-state index in [1.165, 1.54) is 11.1 Å². The molecule has 0 spiro atoms. The fourth-order valence-electron chi connectivity index (χ4n) is 4.86. The van der Waals surface area contributed by atoms with Gasteiger partial charge in [-0.05, 0) is 23.8 Å². The number of hydrogen-bond donors (Lipinski definition) is 1. The highest BCUT2D eigenvalue weighted by atomic mass is 16.5. The third-order valence-corrected chi connectivity index (χ3v) is 5.89. The fourth-order valence-corrected chi connectivity index (χ4v) is 4.86. The lowest BCUT2D eigenvalue weighted by Crippen LogP contribution is -2.32. The van der Waals surface area contributed by atoms with Crippen LogP contribution in [0.2, 0.25) is 0 Å². The first-order chi connectivity index (χ1) is 12.8. The summed E-state index contributed by atoms with van der Waals surface area (Å²) >= 11 is 0. The molecule has 2 aliphatic rings. The molecule has 1 aromatic heterocycles. The van der Waals surface area contributed by atoms with E-state index < -0.39 is 0 Å². The Bertz CT molecular complexity index is 934. The van der Waals surface area contributed by atoms with Crippen molar-refractivity contribution in [3.8, 4) is 5.75 Å². The minimum absolute atomic E-state index is 0.0135. The van der Waals surface area contributed by atoms with Gasteiger partial charge in [0.15, 0.2) is 5.78 Å². The Kier molecular flexibility index (Phi) is 4.25. The molecular formula is C23H28N2O2. The Balaban J connectivity index is 1.98. The van der Waals surface area contributed by atoms with Crippen LogP contribution in [-0.4, -0.2) is 23.1 Å². The number of ether oxygens (including phenoxy) is 1. The highest BCUT2D eigenvalue weighted by Gasteiger charge is 2.43. The van der Waals surface area contributed by atoms with Crippen molar-refractivity contribution in [3.63, 3.8) is 0 Å². The van der Waals surface area contributed by atoms with Gasteiger partial charge < -0.3 is 4.74 Å². The molecule has 1 aromatic carbocycles. The Morgan fingerprint density at radius 2 is 1.96 bits per heavy atom. The topological polar surface area (TPSA) is 55.0 Å². The summed E-state index contributed by atoms with van der Waals surface area (Å²) in [6.07, 6.45) is 2.35. The van der Waals surface area contributed by atoms with E-state index in [0.29, 0.717) is 12.3 Å². The highest BCUT2D eigenvalue weighted by Crippen LogP contribution is 2.51. The molecule has 1 heterocycles. The second-order valence-electron chi connectivity index (χ2n) is 8.97. The van der Waals surface area contributed by atoms with E-state index in [0.717, 1.165) is 41.1 Å². The van der Waals surface area contributed by atoms with Crippen molar-refractivity contribution in [1.29, 1.82) is 0 Å². The molecule has 1 N–H and O–H groups in total. The molecule has 0 bridgehead atoms. The number of Topliss-reactive ketones (excluding diaryl/α,β-unsaturated/α-hetero) is 1. The molecule has 2 aliphatic carbocycles. The van der Waals surface area contributed by atoms with Gasteiger partial charge in [-0.25, -0.2) is 0 Å². The molecule has 27 heavy (non-hydrogen) atoms. The molecule has 0 fully saturated rings. The zero-order valence-electron chi connectivity index (χ0n) is 16.8. The van der Waals surface area contributed by atoms with E-state index in [1.54, 1.807) is 7.11 Å². The Morgan fingerprint density at radius 1 is 1.22 bits per heavy atom. The number of carbonyl (C=O) groups excluding carboxylic acids is 1. The number of fused-ring (bicyclic) bond motifs is 1. The van der Waals surface area contributed by atoms with Gasteiger partial charge in [0.2, 0.25) is 0 Å². The molecule has 142 valence electrons. The molecule has 4 heteroatoms. The average Bonchev–Trinajstić information content (AvgIpc) is 3.02. The van der Waals surface area contributed by atoms with Crippen LogP contribution in [0, 0.1) is 5.41 Å². The van der Waals surface area contributed by atoms with E-state index in [2.05, 4.69) is 44.0 Å². The summed E-state index contributed by atoms with van der Waals surface area (Å²) < 4.78 is 5.68. The molecular weight excluding hydrogens is 336 g/mol. The van der Waals surface area contributed by atoms with Crippen LogP contribution < -0.4 is 4.74 Å². The van der Waals surface area contributed by atoms with E-state index in [9.17, 15) is 4.79 Å². The van der Waals surface area contributed by atoms with Crippen molar-refractivity contribution >= 4 is 5.78 Å². The van der Waals surface area contributed by atoms with Crippen molar-refractivity contribution in [2.75, 3.05) is 7.11 Å². The van der Waals surface area contributed by atoms with Crippen molar-refractivity contribution in [1.82, 2.24) is 10.2 Å². The lowest BCUT2D eigenvalue weighted by Gasteiger charge is -2.38. The first-order valence-electron chi connectivity index (χ1n) is 9.77. The first-order valence-corrected chi connectivity index (χ1v) is 9.77. The van der Waals surface area contributed by atoms with E-state index >= 15 is 0 Å². The molecule has 1 atom stereocenters. The predicted octanol–water partition coefficient (Wildman–Crippen LogP) is 4.92. The number of nitrogens with zero attached hydrogens (tertiary/aromatic N) is 1. The van der Waals surface area contributed by atoms with Crippen LogP contribution in [0.4, 0.5) is 0 Å². The van der Waals surface area contributed by atoms with E-state index in [4.69, 9.17) is 4.74 Å². The number of aromatic amines is 1. The third kappa shape index (κ3) is 2.91. The summed E-state index contributed by atoms with van der Waals surface area (Å²) in [7, 11) is 1.70. The van der Waals surface area contributed by atoms with Gasteiger partial charge in [-0.1, -0.05) is 51.5 Å². The largest absolute Gasteiger partial charge is 0.496 e. The van der Waals surface area contributed by atoms with Crippen molar-refractivity contribution in [3.05, 3.63) is 57.9 Å². The van der Waals surface area contributed by atoms with Gasteiger partial charge in [0.05, 0.1) is 12.8 Å². The molecule has 0 radical (unpaired) electrons. The minimum Gasteiger partial charge on any atom is -0.496 e. The van der Waals surface area contributed by atoms with Crippen LogP contribution >= 0.6 is 0 Å². The summed E-state index contributed by atoms with van der Waals surface area (Å²) in [6, 6.07) is 8.08. The van der Waals surface area contributed by atoms with Crippen molar-refractivity contribution in [2.45, 2.75) is 58.8 Å². The zero-order valence-corrected chi connectivity index (χ0v) is 16.8. The normalized spacial score (nSPS) is 21.3. The summed E-state index contributed by atoms with van der Waals surface area (Å²) in [5, 5.41) is 7.93. The molecule has 0 unspecified atom stereocenters. The van der Waals surface area contributed by atoms with E-state index in [1.807, 2.05) is 18.2 Å². The second-order valence-corrected chi connectivity index (χ2v) is 8.97. The van der Waals surface area contributed by atoms with Gasteiger partial charge in [-0.2, -0.15) is 5.10 Å². The maximum absolute atomic E-state index is 13.3. The summed E-state index contributed by atoms with van der Waals surface area (Å²) in [5.74, 6) is 1.30. The SMILES string of the molecule is COc1ccccc1[C@H]1C2=C(Cc3[nH]nc(C(C)C)c31)CC(C)(C)CC2=O. The molecule has 0 aliphatic heterocycles. The van der Waals surface area contributed by atoms with Crippen LogP contribution in [0.15, 0.2) is 35.4 Å². The van der Waals surface area contributed by atoms with Gasteiger partial charge in [0.1, 0.15) is 5.75 Å². The Labute approximate surface area is 161 Å². The first kappa shape index (κ1) is 18.0. The minimum atomic E-state index is -0.0975.